The van der Waals surface area contributed by atoms with Crippen LogP contribution in [0.25, 0.3) is 0 Å². The van der Waals surface area contributed by atoms with Crippen molar-refractivity contribution in [1.82, 2.24) is 15.0 Å². The SMILES string of the molecule is COc1ccc([Se]Cc2cn(Cc3ccccc3)nn2)cc1. The first-order valence-electron chi connectivity index (χ1n) is 7.03. The molecule has 0 atom stereocenters. The zero-order chi connectivity index (χ0) is 15.2. The van der Waals surface area contributed by atoms with Crippen molar-refractivity contribution in [3.63, 3.8) is 0 Å². The van der Waals surface area contributed by atoms with Crippen molar-refractivity contribution in [2.24, 2.45) is 0 Å². The number of nitrogens with zero attached hydrogens (tertiary/aromatic N) is 3. The zero-order valence-electron chi connectivity index (χ0n) is 12.3. The van der Waals surface area contributed by atoms with Crippen LogP contribution in [0, 0.1) is 0 Å². The van der Waals surface area contributed by atoms with Gasteiger partial charge in [-0.25, -0.2) is 0 Å². The van der Waals surface area contributed by atoms with Crippen LogP contribution in [0.15, 0.2) is 60.8 Å². The van der Waals surface area contributed by atoms with Crippen molar-refractivity contribution in [2.75, 3.05) is 7.11 Å². The molecule has 0 spiro atoms. The first kappa shape index (κ1) is 14.8. The minimum atomic E-state index is 0.361. The predicted octanol–water partition coefficient (Wildman–Crippen LogP) is 1.86. The predicted molar refractivity (Wildman–Crippen MR) is 87.7 cm³/mol. The second-order valence-corrected chi connectivity index (χ2v) is 7.06. The average Bonchev–Trinajstić information content (AvgIpc) is 3.02. The van der Waals surface area contributed by atoms with E-state index in [-0.39, 0.29) is 0 Å². The molecule has 0 aliphatic heterocycles. The summed E-state index contributed by atoms with van der Waals surface area (Å²) in [5.74, 6) is 0.897. The van der Waals surface area contributed by atoms with Gasteiger partial charge in [0, 0.05) is 0 Å². The van der Waals surface area contributed by atoms with Crippen LogP contribution in [-0.2, 0) is 11.9 Å². The van der Waals surface area contributed by atoms with Crippen molar-refractivity contribution >= 4 is 19.4 Å². The van der Waals surface area contributed by atoms with Crippen molar-refractivity contribution in [3.8, 4) is 5.75 Å². The number of ether oxygens (including phenoxy) is 1. The first-order valence-corrected chi connectivity index (χ1v) is 9.10. The fourth-order valence-corrected chi connectivity index (χ4v) is 3.71. The molecule has 0 fully saturated rings. The van der Waals surface area contributed by atoms with E-state index in [4.69, 9.17) is 4.74 Å². The van der Waals surface area contributed by atoms with Gasteiger partial charge in [-0.3, -0.25) is 0 Å². The van der Waals surface area contributed by atoms with E-state index >= 15 is 0 Å². The Morgan fingerprint density at radius 2 is 1.82 bits per heavy atom. The van der Waals surface area contributed by atoms with E-state index in [1.807, 2.05) is 41.2 Å². The van der Waals surface area contributed by atoms with Gasteiger partial charge in [-0.2, -0.15) is 0 Å². The summed E-state index contributed by atoms with van der Waals surface area (Å²) < 4.78 is 8.41. The molecule has 0 N–H and O–H groups in total. The van der Waals surface area contributed by atoms with Crippen LogP contribution in [0.4, 0.5) is 0 Å². The average molecular weight is 358 g/mol. The third-order valence-electron chi connectivity index (χ3n) is 3.22. The molecule has 0 bridgehead atoms. The van der Waals surface area contributed by atoms with Gasteiger partial charge in [0.25, 0.3) is 0 Å². The Bertz CT molecular complexity index is 710. The molecular formula is C17H17N3OSe. The van der Waals surface area contributed by atoms with Gasteiger partial charge in [-0.15, -0.1) is 0 Å². The van der Waals surface area contributed by atoms with Gasteiger partial charge in [0.15, 0.2) is 0 Å². The Morgan fingerprint density at radius 3 is 2.55 bits per heavy atom. The van der Waals surface area contributed by atoms with E-state index in [9.17, 15) is 0 Å². The summed E-state index contributed by atoms with van der Waals surface area (Å²) in [6.07, 6.45) is 2.04. The number of benzene rings is 2. The molecule has 22 heavy (non-hydrogen) atoms. The van der Waals surface area contributed by atoms with E-state index in [2.05, 4.69) is 34.6 Å². The molecule has 112 valence electrons. The molecule has 1 aromatic heterocycles. The standard InChI is InChI=1S/C17H17N3OSe/c1-21-16-7-9-17(10-8-16)22-13-15-12-20(19-18-15)11-14-5-3-2-4-6-14/h2-10,12H,11,13H2,1H3. The minimum absolute atomic E-state index is 0.361. The maximum absolute atomic E-state index is 5.17. The van der Waals surface area contributed by atoms with Crippen molar-refractivity contribution in [3.05, 3.63) is 72.1 Å². The summed E-state index contributed by atoms with van der Waals surface area (Å²) >= 11 is 0.361. The van der Waals surface area contributed by atoms with Crippen molar-refractivity contribution in [2.45, 2.75) is 11.9 Å². The third-order valence-corrected chi connectivity index (χ3v) is 5.41. The fourth-order valence-electron chi connectivity index (χ4n) is 2.08. The number of hydrogen-bond donors (Lipinski definition) is 0. The molecule has 5 heteroatoms. The van der Waals surface area contributed by atoms with Gasteiger partial charge < -0.3 is 0 Å². The van der Waals surface area contributed by atoms with E-state index in [0.717, 1.165) is 23.3 Å². The summed E-state index contributed by atoms with van der Waals surface area (Å²) in [7, 11) is 1.69. The molecule has 0 amide bonds. The molecule has 0 aliphatic rings. The van der Waals surface area contributed by atoms with Gasteiger partial charge in [0.2, 0.25) is 0 Å². The first-order chi connectivity index (χ1) is 10.8. The van der Waals surface area contributed by atoms with Crippen molar-refractivity contribution in [1.29, 1.82) is 0 Å². The second kappa shape index (κ2) is 7.25. The van der Waals surface area contributed by atoms with Gasteiger partial charge >= 0.3 is 136 Å². The molecular weight excluding hydrogens is 341 g/mol. The Balaban J connectivity index is 1.57. The van der Waals surface area contributed by atoms with E-state index in [0.29, 0.717) is 15.0 Å². The van der Waals surface area contributed by atoms with Crippen LogP contribution >= 0.6 is 0 Å². The van der Waals surface area contributed by atoms with Gasteiger partial charge in [0.05, 0.1) is 0 Å². The number of methoxy groups -OCH3 is 1. The molecule has 4 nitrogen and oxygen atoms in total. The van der Waals surface area contributed by atoms with Crippen LogP contribution in [-0.4, -0.2) is 37.1 Å². The summed E-state index contributed by atoms with van der Waals surface area (Å²) in [5.41, 5.74) is 2.28. The molecule has 1 heterocycles. The van der Waals surface area contributed by atoms with E-state index in [1.165, 1.54) is 10.0 Å². The number of rotatable bonds is 6. The van der Waals surface area contributed by atoms with E-state index in [1.54, 1.807) is 7.11 Å². The number of hydrogen-bond acceptors (Lipinski definition) is 3. The molecule has 0 radical (unpaired) electrons. The quantitative estimate of drug-likeness (QED) is 0.632. The Kier molecular flexibility index (Phi) is 4.88. The van der Waals surface area contributed by atoms with Crippen LogP contribution < -0.4 is 9.20 Å². The molecule has 2 aromatic carbocycles. The Hall–Kier alpha value is -2.10. The molecule has 0 saturated carbocycles. The molecule has 3 rings (SSSR count). The molecule has 0 saturated heterocycles. The number of aromatic nitrogens is 3. The Labute approximate surface area is 136 Å². The van der Waals surface area contributed by atoms with Gasteiger partial charge in [-0.05, 0) is 0 Å². The van der Waals surface area contributed by atoms with Crippen LogP contribution in [0.2, 0.25) is 0 Å². The summed E-state index contributed by atoms with van der Waals surface area (Å²) in [5, 5.41) is 9.43. The second-order valence-electron chi connectivity index (χ2n) is 4.86. The molecule has 0 unspecified atom stereocenters. The van der Waals surface area contributed by atoms with E-state index < -0.39 is 0 Å². The Morgan fingerprint density at radius 1 is 1.05 bits per heavy atom. The monoisotopic (exact) mass is 359 g/mol. The van der Waals surface area contributed by atoms with Gasteiger partial charge in [0.1, 0.15) is 0 Å². The zero-order valence-corrected chi connectivity index (χ0v) is 14.1. The summed E-state index contributed by atoms with van der Waals surface area (Å²) in [4.78, 5) is 0. The van der Waals surface area contributed by atoms with Gasteiger partial charge in [-0.1, -0.05) is 0 Å². The topological polar surface area (TPSA) is 39.9 Å². The van der Waals surface area contributed by atoms with Crippen molar-refractivity contribution < 1.29 is 4.74 Å². The van der Waals surface area contributed by atoms with Crippen LogP contribution in [0.5, 0.6) is 5.75 Å². The van der Waals surface area contributed by atoms with Crippen LogP contribution in [0.1, 0.15) is 11.3 Å². The maximum atomic E-state index is 5.17. The summed E-state index contributed by atoms with van der Waals surface area (Å²) in [6, 6.07) is 18.5. The van der Waals surface area contributed by atoms with Crippen LogP contribution in [0.3, 0.4) is 0 Å². The molecule has 0 aliphatic carbocycles. The summed E-state index contributed by atoms with van der Waals surface area (Å²) in [6.45, 7) is 0.767. The fraction of sp³-hybridized carbons (Fsp3) is 0.176. The third kappa shape index (κ3) is 3.97. The normalized spacial score (nSPS) is 10.6. The molecule has 3 aromatic rings.